The van der Waals surface area contributed by atoms with Gasteiger partial charge in [0.1, 0.15) is 6.04 Å². The van der Waals surface area contributed by atoms with E-state index in [1.54, 1.807) is 0 Å². The number of carbonyl (C=O) groups is 1. The van der Waals surface area contributed by atoms with Gasteiger partial charge in [0.25, 0.3) is 5.69 Å². The molecule has 1 fully saturated rings. The van der Waals surface area contributed by atoms with E-state index in [0.717, 1.165) is 30.3 Å². The summed E-state index contributed by atoms with van der Waals surface area (Å²) in [5, 5.41) is 23.8. The number of nitro benzene ring substituents is 1. The first-order chi connectivity index (χ1) is 15.7. The topological polar surface area (TPSA) is 108 Å². The number of hydrogen-bond donors (Lipinski definition) is 2. The number of anilines is 1. The molecule has 3 atom stereocenters. The molecule has 2 aromatic carbocycles. The number of benzene rings is 2. The molecule has 2 N–H and O–H groups in total. The van der Waals surface area contributed by atoms with Gasteiger partial charge in [-0.25, -0.2) is 0 Å². The maximum atomic E-state index is 13.7. The molecule has 1 aliphatic rings. The maximum Gasteiger partial charge on any atom is 0.417 e. The number of nitrogens with one attached hydrogen (secondary N) is 2. The Hall–Kier alpha value is -3.37. The van der Waals surface area contributed by atoms with Gasteiger partial charge < -0.3 is 5.32 Å². The molecule has 2 aromatic rings. The van der Waals surface area contributed by atoms with Gasteiger partial charge in [-0.2, -0.15) is 31.6 Å². The molecule has 180 valence electrons. The number of non-ortho nitro benzene ring substituents is 1. The highest BCUT2D eigenvalue weighted by Gasteiger charge is 2.52. The van der Waals surface area contributed by atoms with Gasteiger partial charge in [-0.05, 0) is 30.2 Å². The number of rotatable bonds is 4. The Morgan fingerprint density at radius 3 is 2.38 bits per heavy atom. The van der Waals surface area contributed by atoms with Crippen molar-refractivity contribution in [3.63, 3.8) is 0 Å². The van der Waals surface area contributed by atoms with Crippen molar-refractivity contribution in [1.82, 2.24) is 5.32 Å². The predicted octanol–water partition coefficient (Wildman–Crippen LogP) is 5.15. The van der Waals surface area contributed by atoms with E-state index in [1.165, 1.54) is 6.07 Å². The molecule has 1 saturated heterocycles. The smallest absolute Gasteiger partial charge is 0.323 e. The van der Waals surface area contributed by atoms with Crippen LogP contribution in [0.2, 0.25) is 5.02 Å². The molecule has 14 heteroatoms. The van der Waals surface area contributed by atoms with Crippen molar-refractivity contribution in [2.24, 2.45) is 0 Å². The molecule has 3 rings (SSSR count). The summed E-state index contributed by atoms with van der Waals surface area (Å²) in [4.78, 5) is 22.6. The maximum absolute atomic E-state index is 13.7. The van der Waals surface area contributed by atoms with Crippen molar-refractivity contribution in [2.45, 2.75) is 36.8 Å². The highest BCUT2D eigenvalue weighted by Crippen LogP contribution is 2.42. The van der Waals surface area contributed by atoms with Gasteiger partial charge >= 0.3 is 12.4 Å². The Bertz CT molecular complexity index is 1180. The van der Waals surface area contributed by atoms with E-state index >= 15 is 0 Å². The van der Waals surface area contributed by atoms with Gasteiger partial charge in [0.15, 0.2) is 0 Å². The third-order valence-electron chi connectivity index (χ3n) is 5.26. The molecule has 1 aliphatic heterocycles. The van der Waals surface area contributed by atoms with E-state index in [0.29, 0.717) is 6.07 Å². The highest BCUT2D eigenvalue weighted by molar-refractivity contribution is 6.34. The van der Waals surface area contributed by atoms with Crippen molar-refractivity contribution in [2.75, 3.05) is 5.32 Å². The Morgan fingerprint density at radius 1 is 1.18 bits per heavy atom. The van der Waals surface area contributed by atoms with E-state index in [1.807, 2.05) is 0 Å². The van der Waals surface area contributed by atoms with Gasteiger partial charge in [0.2, 0.25) is 5.91 Å². The van der Waals surface area contributed by atoms with E-state index in [-0.39, 0.29) is 22.0 Å². The minimum atomic E-state index is -4.97. The molecular formula is C20H13ClF6N4O3. The lowest BCUT2D eigenvalue weighted by Gasteiger charge is -2.23. The fourth-order valence-corrected chi connectivity index (χ4v) is 3.91. The Morgan fingerprint density at radius 2 is 1.85 bits per heavy atom. The van der Waals surface area contributed by atoms with E-state index in [4.69, 9.17) is 16.9 Å². The Kier molecular flexibility index (Phi) is 6.77. The summed E-state index contributed by atoms with van der Waals surface area (Å²) in [5.41, 5.74) is -2.93. The van der Waals surface area contributed by atoms with Crippen LogP contribution in [0.1, 0.15) is 29.0 Å². The van der Waals surface area contributed by atoms with Crippen LogP contribution in [0.5, 0.6) is 0 Å². The molecule has 34 heavy (non-hydrogen) atoms. The zero-order chi connectivity index (χ0) is 25.4. The fourth-order valence-electron chi connectivity index (χ4n) is 3.69. The highest BCUT2D eigenvalue weighted by atomic mass is 35.5. The summed E-state index contributed by atoms with van der Waals surface area (Å²) in [7, 11) is 0. The summed E-state index contributed by atoms with van der Waals surface area (Å²) in [6.45, 7) is 0. The van der Waals surface area contributed by atoms with Crippen LogP contribution in [-0.4, -0.2) is 29.1 Å². The van der Waals surface area contributed by atoms with Crippen molar-refractivity contribution in [3.05, 3.63) is 68.2 Å². The Balaban J connectivity index is 1.89. The second kappa shape index (κ2) is 9.11. The standard InChI is InChI=1S/C20H13ClF6N4O3/c21-14-6-11(31(33)34)3-4-15(14)30-18(32)16-7-12(17(29-16)20(25,26)27)9-1-2-10(8-28)13(5-9)19(22,23)24/h1-6,12,16-17,29H,7H2,(H,30,32)/t12?,16-,17+/m0/s1. The van der Waals surface area contributed by atoms with Crippen molar-refractivity contribution in [3.8, 4) is 6.07 Å². The normalized spacial score (nSPS) is 20.6. The van der Waals surface area contributed by atoms with E-state index in [2.05, 4.69) is 10.6 Å². The van der Waals surface area contributed by atoms with Crippen molar-refractivity contribution >= 4 is 28.9 Å². The molecule has 1 unspecified atom stereocenters. The second-order valence-corrected chi connectivity index (χ2v) is 7.81. The van der Waals surface area contributed by atoms with Crippen LogP contribution in [0.4, 0.5) is 37.7 Å². The molecule has 1 amide bonds. The lowest BCUT2D eigenvalue weighted by molar-refractivity contribution is -0.384. The molecule has 0 radical (unpaired) electrons. The number of carbonyl (C=O) groups excluding carboxylic acids is 1. The molecule has 0 saturated carbocycles. The van der Waals surface area contributed by atoms with Gasteiger partial charge in [0.05, 0.1) is 38.9 Å². The fraction of sp³-hybridized carbons (Fsp3) is 0.300. The predicted molar refractivity (Wildman–Crippen MR) is 107 cm³/mol. The first kappa shape index (κ1) is 25.3. The number of halogens is 7. The number of nitriles is 1. The summed E-state index contributed by atoms with van der Waals surface area (Å²) < 4.78 is 80.9. The molecule has 0 aromatic heterocycles. The van der Waals surface area contributed by atoms with Crippen molar-refractivity contribution in [1.29, 1.82) is 5.26 Å². The quantitative estimate of drug-likeness (QED) is 0.338. The van der Waals surface area contributed by atoms with Gasteiger partial charge in [-0.15, -0.1) is 0 Å². The average Bonchev–Trinajstić information content (AvgIpc) is 3.20. The van der Waals surface area contributed by atoms with Crippen LogP contribution in [0.25, 0.3) is 0 Å². The second-order valence-electron chi connectivity index (χ2n) is 7.41. The third kappa shape index (κ3) is 5.23. The van der Waals surface area contributed by atoms with Crippen molar-refractivity contribution < 1.29 is 36.1 Å². The molecule has 0 aliphatic carbocycles. The zero-order valence-corrected chi connectivity index (χ0v) is 17.4. The van der Waals surface area contributed by atoms with Crippen LogP contribution in [0.3, 0.4) is 0 Å². The summed E-state index contributed by atoms with van der Waals surface area (Å²) >= 11 is 5.89. The number of nitro groups is 1. The number of alkyl halides is 6. The van der Waals surface area contributed by atoms with Crippen LogP contribution in [-0.2, 0) is 11.0 Å². The Labute approximate surface area is 192 Å². The average molecular weight is 507 g/mol. The first-order valence-electron chi connectivity index (χ1n) is 9.41. The SMILES string of the molecule is N#Cc1ccc(C2C[C@@H](C(=O)Nc3ccc([N+](=O)[O-])cc3Cl)N[C@H]2C(F)(F)F)cc1C(F)(F)F. The molecule has 1 heterocycles. The number of nitrogens with zero attached hydrogens (tertiary/aromatic N) is 2. The van der Waals surface area contributed by atoms with Gasteiger partial charge in [-0.1, -0.05) is 17.7 Å². The minimum absolute atomic E-state index is 0.0937. The molecular weight excluding hydrogens is 494 g/mol. The summed E-state index contributed by atoms with van der Waals surface area (Å²) in [5.74, 6) is -2.52. The van der Waals surface area contributed by atoms with Crippen LogP contribution >= 0.6 is 11.6 Å². The van der Waals surface area contributed by atoms with E-state index < -0.39 is 58.7 Å². The monoisotopic (exact) mass is 506 g/mol. The zero-order valence-electron chi connectivity index (χ0n) is 16.7. The molecule has 7 nitrogen and oxygen atoms in total. The van der Waals surface area contributed by atoms with Crippen LogP contribution < -0.4 is 10.6 Å². The van der Waals surface area contributed by atoms with Gasteiger partial charge in [-0.3, -0.25) is 20.2 Å². The van der Waals surface area contributed by atoms with E-state index in [9.17, 15) is 41.3 Å². The first-order valence-corrected chi connectivity index (χ1v) is 9.79. The summed E-state index contributed by atoms with van der Waals surface area (Å²) in [6.07, 6.45) is -10.4. The minimum Gasteiger partial charge on any atom is -0.323 e. The summed E-state index contributed by atoms with van der Waals surface area (Å²) in [6, 6.07) is 2.88. The molecule has 0 bridgehead atoms. The molecule has 0 spiro atoms. The largest absolute Gasteiger partial charge is 0.417 e. The number of hydrogen-bond acceptors (Lipinski definition) is 5. The van der Waals surface area contributed by atoms with Crippen LogP contribution in [0.15, 0.2) is 36.4 Å². The van der Waals surface area contributed by atoms with Crippen LogP contribution in [0, 0.1) is 21.4 Å². The lowest BCUT2D eigenvalue weighted by Crippen LogP contribution is -2.46. The third-order valence-corrected chi connectivity index (χ3v) is 5.57. The lowest BCUT2D eigenvalue weighted by atomic mass is 9.88. The number of amides is 1. The van der Waals surface area contributed by atoms with Gasteiger partial charge in [0, 0.05) is 18.1 Å².